The monoisotopic (exact) mass is 373 g/mol. The first-order valence-corrected chi connectivity index (χ1v) is 9.49. The molecular weight excluding hydrogens is 350 g/mol. The van der Waals surface area contributed by atoms with Crippen molar-refractivity contribution in [3.63, 3.8) is 0 Å². The molecule has 4 rings (SSSR count). The molecule has 7 heteroatoms. The quantitative estimate of drug-likeness (QED) is 0.543. The largest absolute Gasteiger partial charge is 0.366 e. The van der Waals surface area contributed by atoms with Gasteiger partial charge in [-0.3, -0.25) is 0 Å². The van der Waals surface area contributed by atoms with Gasteiger partial charge in [0, 0.05) is 40.2 Å². The maximum atomic E-state index is 11.0. The number of aldehydes is 1. The fourth-order valence-corrected chi connectivity index (χ4v) is 4.01. The number of hydrogen-bond donors (Lipinski definition) is 2. The number of thiophene rings is 1. The van der Waals surface area contributed by atoms with Crippen molar-refractivity contribution < 1.29 is 15.0 Å². The van der Waals surface area contributed by atoms with E-state index < -0.39 is 5.79 Å². The topological polar surface area (TPSA) is 88.2 Å². The van der Waals surface area contributed by atoms with E-state index in [-0.39, 0.29) is 5.92 Å². The molecule has 0 bridgehead atoms. The first-order valence-electron chi connectivity index (χ1n) is 8.61. The SMILES string of the molecule is CC(C)(O)O.O=C[C@@H]1CC[C@H](n2cc(-c3cccs3)c3cncnc32)C1. The summed E-state index contributed by atoms with van der Waals surface area (Å²) in [6.07, 6.45) is 9.71. The lowest BCUT2D eigenvalue weighted by molar-refractivity contribution is -0.127. The fraction of sp³-hybridized carbons (Fsp3) is 0.421. The van der Waals surface area contributed by atoms with Gasteiger partial charge in [-0.1, -0.05) is 6.07 Å². The van der Waals surface area contributed by atoms with Gasteiger partial charge in [0.2, 0.25) is 0 Å². The van der Waals surface area contributed by atoms with Gasteiger partial charge in [-0.25, -0.2) is 9.97 Å². The lowest BCUT2D eigenvalue weighted by Crippen LogP contribution is -2.15. The Hall–Kier alpha value is -2.09. The van der Waals surface area contributed by atoms with Crippen LogP contribution in [0.2, 0.25) is 0 Å². The first kappa shape index (κ1) is 18.7. The highest BCUT2D eigenvalue weighted by molar-refractivity contribution is 7.13. The Bertz CT molecular complexity index is 862. The normalized spacial score (nSPS) is 20.0. The van der Waals surface area contributed by atoms with Crippen molar-refractivity contribution in [3.8, 4) is 10.4 Å². The molecule has 2 N–H and O–H groups in total. The lowest BCUT2D eigenvalue weighted by atomic mass is 10.1. The molecule has 3 aromatic heterocycles. The Morgan fingerprint density at radius 1 is 1.35 bits per heavy atom. The molecule has 1 aliphatic carbocycles. The summed E-state index contributed by atoms with van der Waals surface area (Å²) in [7, 11) is 0. The van der Waals surface area contributed by atoms with Crippen LogP contribution in [-0.4, -0.2) is 36.8 Å². The van der Waals surface area contributed by atoms with Crippen molar-refractivity contribution in [2.75, 3.05) is 0 Å². The van der Waals surface area contributed by atoms with Crippen molar-refractivity contribution in [2.24, 2.45) is 5.92 Å². The molecule has 0 aromatic carbocycles. The standard InChI is InChI=1S/C16H15N3OS.C3H8O2/c20-9-11-3-4-12(6-11)19-8-14(15-2-1-5-21-15)13-7-17-10-18-16(13)19;1-3(2,4)5/h1-2,5,7-12H,3-4,6H2;4-5H,1-2H3/t11-,12+;/m1./s1. The van der Waals surface area contributed by atoms with Gasteiger partial charge in [0.25, 0.3) is 0 Å². The summed E-state index contributed by atoms with van der Waals surface area (Å²) >= 11 is 1.73. The molecule has 26 heavy (non-hydrogen) atoms. The van der Waals surface area contributed by atoms with E-state index in [0.717, 1.165) is 36.6 Å². The van der Waals surface area contributed by atoms with Crippen LogP contribution in [-0.2, 0) is 4.79 Å². The van der Waals surface area contributed by atoms with Gasteiger partial charge in [-0.05, 0) is 44.6 Å². The molecule has 6 nitrogen and oxygen atoms in total. The summed E-state index contributed by atoms with van der Waals surface area (Å²) in [5, 5.41) is 19.3. The van der Waals surface area contributed by atoms with Gasteiger partial charge >= 0.3 is 0 Å². The Balaban J connectivity index is 0.000000349. The van der Waals surface area contributed by atoms with Crippen LogP contribution >= 0.6 is 11.3 Å². The number of carbonyl (C=O) groups excluding carboxylic acids is 1. The van der Waals surface area contributed by atoms with E-state index >= 15 is 0 Å². The molecule has 0 amide bonds. The van der Waals surface area contributed by atoms with E-state index in [1.165, 1.54) is 24.3 Å². The minimum Gasteiger partial charge on any atom is -0.366 e. The third-order valence-electron chi connectivity index (χ3n) is 4.31. The van der Waals surface area contributed by atoms with Crippen LogP contribution in [0.1, 0.15) is 39.2 Å². The highest BCUT2D eigenvalue weighted by Gasteiger charge is 2.27. The predicted octanol–water partition coefficient (Wildman–Crippen LogP) is 3.41. The molecular formula is C19H23N3O3S. The van der Waals surface area contributed by atoms with Crippen molar-refractivity contribution in [3.05, 3.63) is 36.2 Å². The maximum absolute atomic E-state index is 11.0. The Morgan fingerprint density at radius 3 is 2.73 bits per heavy atom. The van der Waals surface area contributed by atoms with Crippen molar-refractivity contribution in [1.82, 2.24) is 14.5 Å². The number of aromatic nitrogens is 3. The predicted molar refractivity (Wildman–Crippen MR) is 102 cm³/mol. The van der Waals surface area contributed by atoms with Crippen LogP contribution in [0.25, 0.3) is 21.5 Å². The minimum absolute atomic E-state index is 0.194. The average Bonchev–Trinajstić information content (AvgIpc) is 3.31. The zero-order chi connectivity index (χ0) is 18.7. The zero-order valence-electron chi connectivity index (χ0n) is 14.9. The van der Waals surface area contributed by atoms with E-state index in [0.29, 0.717) is 6.04 Å². The van der Waals surface area contributed by atoms with Gasteiger partial charge in [0.05, 0.1) is 0 Å². The van der Waals surface area contributed by atoms with E-state index in [1.54, 1.807) is 17.7 Å². The molecule has 0 saturated heterocycles. The zero-order valence-corrected chi connectivity index (χ0v) is 15.7. The van der Waals surface area contributed by atoms with Crippen LogP contribution in [0, 0.1) is 5.92 Å². The molecule has 1 aliphatic rings. The summed E-state index contributed by atoms with van der Waals surface area (Å²) in [6, 6.07) is 4.55. The molecule has 3 heterocycles. The summed E-state index contributed by atoms with van der Waals surface area (Å²) in [6.45, 7) is 2.60. The van der Waals surface area contributed by atoms with Crippen LogP contribution in [0.4, 0.5) is 0 Å². The average molecular weight is 373 g/mol. The maximum Gasteiger partial charge on any atom is 0.156 e. The Kier molecular flexibility index (Phi) is 5.50. The van der Waals surface area contributed by atoms with Gasteiger partial charge < -0.3 is 19.6 Å². The van der Waals surface area contributed by atoms with Crippen molar-refractivity contribution in [1.29, 1.82) is 0 Å². The molecule has 0 aliphatic heterocycles. The van der Waals surface area contributed by atoms with Crippen LogP contribution in [0.5, 0.6) is 0 Å². The van der Waals surface area contributed by atoms with Crippen molar-refractivity contribution in [2.45, 2.75) is 44.9 Å². The van der Waals surface area contributed by atoms with Gasteiger partial charge in [0.15, 0.2) is 5.79 Å². The van der Waals surface area contributed by atoms with Gasteiger partial charge in [-0.2, -0.15) is 0 Å². The Morgan fingerprint density at radius 2 is 2.12 bits per heavy atom. The molecule has 1 saturated carbocycles. The first-order chi connectivity index (χ1) is 12.4. The summed E-state index contributed by atoms with van der Waals surface area (Å²) in [4.78, 5) is 20.9. The number of aliphatic hydroxyl groups is 2. The molecule has 0 spiro atoms. The van der Waals surface area contributed by atoms with Gasteiger partial charge in [0.1, 0.15) is 18.3 Å². The number of carbonyl (C=O) groups is 1. The smallest absolute Gasteiger partial charge is 0.156 e. The second kappa shape index (κ2) is 7.65. The molecule has 2 atom stereocenters. The number of nitrogens with zero attached hydrogens (tertiary/aromatic N) is 3. The highest BCUT2D eigenvalue weighted by atomic mass is 32.1. The third-order valence-corrected chi connectivity index (χ3v) is 5.22. The Labute approximate surface area is 156 Å². The van der Waals surface area contributed by atoms with Crippen LogP contribution in [0.15, 0.2) is 36.2 Å². The fourth-order valence-electron chi connectivity index (χ4n) is 3.26. The molecule has 138 valence electrons. The summed E-state index contributed by atoms with van der Waals surface area (Å²) in [5.41, 5.74) is 2.17. The van der Waals surface area contributed by atoms with E-state index in [9.17, 15) is 4.79 Å². The second-order valence-electron chi connectivity index (χ2n) is 7.04. The van der Waals surface area contributed by atoms with Gasteiger partial charge in [-0.15, -0.1) is 11.3 Å². The van der Waals surface area contributed by atoms with Crippen LogP contribution < -0.4 is 0 Å². The van der Waals surface area contributed by atoms with E-state index in [4.69, 9.17) is 10.2 Å². The molecule has 3 aromatic rings. The lowest BCUT2D eigenvalue weighted by Gasteiger charge is -2.12. The van der Waals surface area contributed by atoms with E-state index in [2.05, 4.69) is 38.2 Å². The second-order valence-corrected chi connectivity index (χ2v) is 7.99. The minimum atomic E-state index is -1.50. The number of rotatable bonds is 3. The number of hydrogen-bond acceptors (Lipinski definition) is 6. The summed E-state index contributed by atoms with van der Waals surface area (Å²) < 4.78 is 2.25. The third kappa shape index (κ3) is 4.35. The van der Waals surface area contributed by atoms with Crippen LogP contribution in [0.3, 0.4) is 0 Å². The van der Waals surface area contributed by atoms with Crippen molar-refractivity contribution >= 4 is 28.7 Å². The molecule has 1 fully saturated rings. The molecule has 0 unspecified atom stereocenters. The summed E-state index contributed by atoms with van der Waals surface area (Å²) in [5.74, 6) is -1.31. The number of fused-ring (bicyclic) bond motifs is 1. The molecule has 0 radical (unpaired) electrons. The highest BCUT2D eigenvalue weighted by Crippen LogP contribution is 2.39. The van der Waals surface area contributed by atoms with E-state index in [1.807, 2.05) is 6.20 Å².